The normalized spacial score (nSPS) is 15.9. The molecule has 25 heavy (non-hydrogen) atoms. The molecule has 0 aliphatic carbocycles. The minimum Gasteiger partial charge on any atom is -0.337 e. The van der Waals surface area contributed by atoms with Crippen LogP contribution in [0.25, 0.3) is 0 Å². The van der Waals surface area contributed by atoms with E-state index in [0.717, 1.165) is 29.6 Å². The van der Waals surface area contributed by atoms with Crippen LogP contribution in [0.15, 0.2) is 42.7 Å². The van der Waals surface area contributed by atoms with E-state index in [1.54, 1.807) is 18.5 Å². The molecule has 3 rings (SSSR count). The Hall–Kier alpha value is -2.18. The summed E-state index contributed by atoms with van der Waals surface area (Å²) < 4.78 is 0. The Morgan fingerprint density at radius 3 is 2.60 bits per heavy atom. The fourth-order valence-electron chi connectivity index (χ4n) is 2.94. The van der Waals surface area contributed by atoms with Gasteiger partial charge in [-0.15, -0.1) is 0 Å². The van der Waals surface area contributed by atoms with Gasteiger partial charge in [0.05, 0.1) is 0 Å². The number of rotatable bonds is 5. The van der Waals surface area contributed by atoms with Crippen LogP contribution < -0.4 is 10.2 Å². The third-order valence-corrected chi connectivity index (χ3v) is 4.72. The molecule has 1 saturated heterocycles. The van der Waals surface area contributed by atoms with Crippen LogP contribution in [0.2, 0.25) is 5.02 Å². The van der Waals surface area contributed by atoms with Crippen molar-refractivity contribution in [2.45, 2.75) is 13.0 Å². The van der Waals surface area contributed by atoms with Crippen molar-refractivity contribution in [2.24, 2.45) is 0 Å². The SMILES string of the molecule is C[C@H]([NH2+]CC(=O)N1CCN(c2ncccn2)CC1)c1cccc(Cl)c1. The second kappa shape index (κ2) is 8.27. The fraction of sp³-hybridized carbons (Fsp3) is 0.389. The van der Waals surface area contributed by atoms with Crippen molar-refractivity contribution in [3.05, 3.63) is 53.3 Å². The molecule has 1 aromatic heterocycles. The molecule has 132 valence electrons. The van der Waals surface area contributed by atoms with Gasteiger partial charge in [-0.05, 0) is 25.1 Å². The van der Waals surface area contributed by atoms with Gasteiger partial charge in [-0.1, -0.05) is 23.7 Å². The van der Waals surface area contributed by atoms with Crippen LogP contribution in [0.4, 0.5) is 5.95 Å². The number of quaternary nitrogens is 1. The summed E-state index contributed by atoms with van der Waals surface area (Å²) in [6, 6.07) is 9.79. The number of nitrogens with two attached hydrogens (primary N) is 1. The first-order chi connectivity index (χ1) is 12.1. The lowest BCUT2D eigenvalue weighted by Crippen LogP contribution is -2.87. The highest BCUT2D eigenvalue weighted by atomic mass is 35.5. The van der Waals surface area contributed by atoms with Crippen LogP contribution in [0.1, 0.15) is 18.5 Å². The van der Waals surface area contributed by atoms with E-state index in [1.807, 2.05) is 29.2 Å². The first-order valence-electron chi connectivity index (χ1n) is 8.52. The average Bonchev–Trinajstić information content (AvgIpc) is 2.66. The van der Waals surface area contributed by atoms with Gasteiger partial charge in [-0.2, -0.15) is 0 Å². The topological polar surface area (TPSA) is 65.9 Å². The molecule has 2 N–H and O–H groups in total. The van der Waals surface area contributed by atoms with Gasteiger partial charge in [-0.3, -0.25) is 4.79 Å². The molecule has 1 aliphatic rings. The lowest BCUT2D eigenvalue weighted by molar-refractivity contribution is -0.683. The largest absolute Gasteiger partial charge is 0.337 e. The van der Waals surface area contributed by atoms with E-state index in [2.05, 4.69) is 27.1 Å². The molecule has 0 spiro atoms. The Labute approximate surface area is 152 Å². The number of benzene rings is 1. The minimum atomic E-state index is 0.169. The van der Waals surface area contributed by atoms with Gasteiger partial charge in [0.15, 0.2) is 6.54 Å². The molecule has 2 heterocycles. The first kappa shape index (κ1) is 17.6. The maximum atomic E-state index is 12.5. The summed E-state index contributed by atoms with van der Waals surface area (Å²) in [5, 5.41) is 2.78. The summed E-state index contributed by atoms with van der Waals surface area (Å²) in [6.45, 7) is 5.46. The molecule has 6 nitrogen and oxygen atoms in total. The van der Waals surface area contributed by atoms with Crippen molar-refractivity contribution in [1.29, 1.82) is 0 Å². The molecule has 1 amide bonds. The number of halogens is 1. The highest BCUT2D eigenvalue weighted by molar-refractivity contribution is 6.30. The summed E-state index contributed by atoms with van der Waals surface area (Å²) in [7, 11) is 0. The predicted molar refractivity (Wildman–Crippen MR) is 97.5 cm³/mol. The maximum Gasteiger partial charge on any atom is 0.277 e. The van der Waals surface area contributed by atoms with Crippen molar-refractivity contribution >= 4 is 23.5 Å². The smallest absolute Gasteiger partial charge is 0.277 e. The average molecular weight is 361 g/mol. The van der Waals surface area contributed by atoms with Crippen molar-refractivity contribution in [3.63, 3.8) is 0 Å². The molecule has 0 radical (unpaired) electrons. The van der Waals surface area contributed by atoms with Crippen molar-refractivity contribution < 1.29 is 10.1 Å². The highest BCUT2D eigenvalue weighted by Gasteiger charge is 2.23. The number of piperazine rings is 1. The Morgan fingerprint density at radius 2 is 1.92 bits per heavy atom. The quantitative estimate of drug-likeness (QED) is 0.867. The van der Waals surface area contributed by atoms with Crippen LogP contribution in [-0.4, -0.2) is 53.5 Å². The number of carbonyl (C=O) groups is 1. The number of nitrogens with zero attached hydrogens (tertiary/aromatic N) is 4. The molecule has 0 bridgehead atoms. The number of hydrogen-bond donors (Lipinski definition) is 1. The fourth-order valence-corrected chi connectivity index (χ4v) is 3.14. The van der Waals surface area contributed by atoms with Gasteiger partial charge in [0.25, 0.3) is 5.91 Å². The van der Waals surface area contributed by atoms with Gasteiger partial charge < -0.3 is 15.1 Å². The zero-order valence-electron chi connectivity index (χ0n) is 14.3. The van der Waals surface area contributed by atoms with E-state index in [-0.39, 0.29) is 11.9 Å². The maximum absolute atomic E-state index is 12.5. The molecular formula is C18H23ClN5O+. The number of aromatic nitrogens is 2. The van der Waals surface area contributed by atoms with Crippen LogP contribution in [0.3, 0.4) is 0 Å². The van der Waals surface area contributed by atoms with E-state index < -0.39 is 0 Å². The molecule has 0 saturated carbocycles. The Balaban J connectivity index is 1.46. The minimum absolute atomic E-state index is 0.169. The first-order valence-corrected chi connectivity index (χ1v) is 8.90. The molecule has 1 atom stereocenters. The summed E-state index contributed by atoms with van der Waals surface area (Å²) in [4.78, 5) is 25.0. The van der Waals surface area contributed by atoms with Gasteiger partial charge in [0, 0.05) is 49.2 Å². The van der Waals surface area contributed by atoms with Crippen molar-refractivity contribution in [1.82, 2.24) is 14.9 Å². The number of anilines is 1. The van der Waals surface area contributed by atoms with Crippen molar-refractivity contribution in [2.75, 3.05) is 37.6 Å². The van der Waals surface area contributed by atoms with Crippen LogP contribution in [0, 0.1) is 0 Å². The third-order valence-electron chi connectivity index (χ3n) is 4.49. The monoisotopic (exact) mass is 360 g/mol. The van der Waals surface area contributed by atoms with E-state index in [9.17, 15) is 4.79 Å². The van der Waals surface area contributed by atoms with Gasteiger partial charge >= 0.3 is 0 Å². The molecule has 7 heteroatoms. The predicted octanol–water partition coefficient (Wildman–Crippen LogP) is 1.10. The van der Waals surface area contributed by atoms with Crippen LogP contribution in [-0.2, 0) is 4.79 Å². The number of amides is 1. The Morgan fingerprint density at radius 1 is 1.20 bits per heavy atom. The van der Waals surface area contributed by atoms with Gasteiger partial charge in [-0.25, -0.2) is 9.97 Å². The molecule has 0 unspecified atom stereocenters. The second-order valence-electron chi connectivity index (χ2n) is 6.20. The van der Waals surface area contributed by atoms with Crippen LogP contribution >= 0.6 is 11.6 Å². The van der Waals surface area contributed by atoms with E-state index >= 15 is 0 Å². The number of carbonyl (C=O) groups excluding carboxylic acids is 1. The summed E-state index contributed by atoms with van der Waals surface area (Å²) in [5.41, 5.74) is 1.13. The zero-order chi connectivity index (χ0) is 17.6. The summed E-state index contributed by atoms with van der Waals surface area (Å²) in [5.74, 6) is 0.901. The lowest BCUT2D eigenvalue weighted by atomic mass is 10.1. The molecular weight excluding hydrogens is 338 g/mol. The summed E-state index contributed by atoms with van der Waals surface area (Å²) >= 11 is 6.03. The Bertz CT molecular complexity index is 704. The highest BCUT2D eigenvalue weighted by Crippen LogP contribution is 2.14. The van der Waals surface area contributed by atoms with Crippen LogP contribution in [0.5, 0.6) is 0 Å². The van der Waals surface area contributed by atoms with Crippen molar-refractivity contribution in [3.8, 4) is 0 Å². The van der Waals surface area contributed by atoms with E-state index in [1.165, 1.54) is 0 Å². The standard InChI is InChI=1S/C18H22ClN5O/c1-14(15-4-2-5-16(19)12-15)22-13-17(25)23-8-10-24(11-9-23)18-20-6-3-7-21-18/h2-7,12,14,22H,8-11,13H2,1H3/p+1/t14-/m0/s1. The van der Waals surface area contributed by atoms with E-state index in [0.29, 0.717) is 19.6 Å². The summed E-state index contributed by atoms with van der Waals surface area (Å²) in [6.07, 6.45) is 3.48. The molecule has 1 fully saturated rings. The third kappa shape index (κ3) is 4.67. The van der Waals surface area contributed by atoms with E-state index in [4.69, 9.17) is 11.6 Å². The second-order valence-corrected chi connectivity index (χ2v) is 6.64. The molecule has 1 aliphatic heterocycles. The lowest BCUT2D eigenvalue weighted by Gasteiger charge is -2.34. The Kier molecular flexibility index (Phi) is 5.83. The zero-order valence-corrected chi connectivity index (χ0v) is 15.1. The van der Waals surface area contributed by atoms with Gasteiger partial charge in [0.2, 0.25) is 5.95 Å². The molecule has 2 aromatic rings. The number of hydrogen-bond acceptors (Lipinski definition) is 4. The molecule has 1 aromatic carbocycles. The van der Waals surface area contributed by atoms with Gasteiger partial charge in [0.1, 0.15) is 6.04 Å².